The van der Waals surface area contributed by atoms with Crippen molar-refractivity contribution in [3.63, 3.8) is 0 Å². The minimum atomic E-state index is -3.49. The largest absolute Gasteiger partial charge is 0.493 e. The van der Waals surface area contributed by atoms with Crippen molar-refractivity contribution in [1.29, 1.82) is 0 Å². The second kappa shape index (κ2) is 10.2. The van der Waals surface area contributed by atoms with Crippen LogP contribution in [-0.4, -0.2) is 63.3 Å². The summed E-state index contributed by atoms with van der Waals surface area (Å²) in [6.07, 6.45) is -0.319. The van der Waals surface area contributed by atoms with Gasteiger partial charge in [-0.25, -0.2) is 8.42 Å². The number of morpholine rings is 1. The number of furan rings is 1. The third-order valence-electron chi connectivity index (χ3n) is 4.75. The van der Waals surface area contributed by atoms with Crippen LogP contribution in [0, 0.1) is 0 Å². The van der Waals surface area contributed by atoms with Crippen molar-refractivity contribution in [2.45, 2.75) is 32.7 Å². The fourth-order valence-electron chi connectivity index (χ4n) is 3.33. The van der Waals surface area contributed by atoms with E-state index < -0.39 is 15.9 Å². The van der Waals surface area contributed by atoms with Crippen LogP contribution in [-0.2, 0) is 21.4 Å². The smallest absolute Gasteiger partial charge is 0.287 e. The topological polar surface area (TPSA) is 107 Å². The lowest BCUT2D eigenvalue weighted by Gasteiger charge is -2.34. The van der Waals surface area contributed by atoms with E-state index in [9.17, 15) is 13.2 Å². The van der Waals surface area contributed by atoms with E-state index in [4.69, 9.17) is 18.6 Å². The van der Waals surface area contributed by atoms with E-state index >= 15 is 0 Å². The Hall–Kier alpha value is -2.56. The molecule has 10 heteroatoms. The Bertz CT molecular complexity index is 979. The van der Waals surface area contributed by atoms with Gasteiger partial charge in [0.1, 0.15) is 12.4 Å². The van der Waals surface area contributed by atoms with Crippen LogP contribution in [0.25, 0.3) is 0 Å². The molecule has 1 N–H and O–H groups in total. The van der Waals surface area contributed by atoms with Gasteiger partial charge in [-0.05, 0) is 38.1 Å². The van der Waals surface area contributed by atoms with Gasteiger partial charge in [0.2, 0.25) is 10.0 Å². The average molecular weight is 453 g/mol. The summed E-state index contributed by atoms with van der Waals surface area (Å²) < 4.78 is 48.5. The quantitative estimate of drug-likeness (QED) is 0.620. The first-order valence-electron chi connectivity index (χ1n) is 10.0. The second-order valence-electron chi connectivity index (χ2n) is 7.35. The lowest BCUT2D eigenvalue weighted by molar-refractivity contribution is -0.0440. The van der Waals surface area contributed by atoms with Crippen molar-refractivity contribution in [3.05, 3.63) is 47.9 Å². The summed E-state index contributed by atoms with van der Waals surface area (Å²) in [4.78, 5) is 12.3. The third kappa shape index (κ3) is 6.22. The summed E-state index contributed by atoms with van der Waals surface area (Å²) in [5, 5.41) is 2.59. The Kier molecular flexibility index (Phi) is 7.58. The van der Waals surface area contributed by atoms with Crippen LogP contribution in [0.2, 0.25) is 0 Å². The summed E-state index contributed by atoms with van der Waals surface area (Å²) in [5.74, 6) is 1.02. The number of sulfonamides is 1. The summed E-state index contributed by atoms with van der Waals surface area (Å²) in [5.41, 5.74) is 0. The minimum absolute atomic E-state index is 0.0188. The lowest BCUT2D eigenvalue weighted by atomic mass is 10.3. The summed E-state index contributed by atoms with van der Waals surface area (Å²) >= 11 is 0. The van der Waals surface area contributed by atoms with Gasteiger partial charge >= 0.3 is 0 Å². The number of hydrogen-bond donors (Lipinski definition) is 1. The third-order valence-corrected chi connectivity index (χ3v) is 6.55. The van der Waals surface area contributed by atoms with Gasteiger partial charge in [0.15, 0.2) is 17.3 Å². The van der Waals surface area contributed by atoms with Crippen molar-refractivity contribution in [2.24, 2.45) is 0 Å². The molecule has 0 aliphatic carbocycles. The van der Waals surface area contributed by atoms with Crippen LogP contribution in [0.4, 0.5) is 0 Å². The predicted octanol–water partition coefficient (Wildman–Crippen LogP) is 2.04. The van der Waals surface area contributed by atoms with Gasteiger partial charge in [0.25, 0.3) is 5.91 Å². The van der Waals surface area contributed by atoms with E-state index in [0.29, 0.717) is 30.3 Å². The van der Waals surface area contributed by atoms with Crippen molar-refractivity contribution < 1.29 is 31.8 Å². The molecular formula is C21H28N2O7S. The van der Waals surface area contributed by atoms with Gasteiger partial charge in [-0.15, -0.1) is 0 Å². The Morgan fingerprint density at radius 1 is 1.13 bits per heavy atom. The van der Waals surface area contributed by atoms with Crippen LogP contribution in [0.3, 0.4) is 0 Å². The first kappa shape index (κ1) is 23.1. The molecule has 1 aromatic heterocycles. The molecule has 0 bridgehead atoms. The summed E-state index contributed by atoms with van der Waals surface area (Å²) in [7, 11) is -1.94. The molecule has 0 spiro atoms. The van der Waals surface area contributed by atoms with Crippen LogP contribution in [0.5, 0.6) is 11.5 Å². The molecule has 2 aromatic rings. The Balaban J connectivity index is 1.48. The first-order chi connectivity index (χ1) is 14.8. The number of rotatable bonds is 9. The van der Waals surface area contributed by atoms with Crippen molar-refractivity contribution in [2.75, 3.05) is 32.5 Å². The number of carbonyl (C=O) groups excluding carboxylic acids is 1. The Morgan fingerprint density at radius 2 is 1.81 bits per heavy atom. The van der Waals surface area contributed by atoms with Gasteiger partial charge in [-0.3, -0.25) is 4.79 Å². The van der Waals surface area contributed by atoms with Crippen LogP contribution in [0.15, 0.2) is 40.8 Å². The Labute approximate surface area is 182 Å². The monoisotopic (exact) mass is 452 g/mol. The number of para-hydroxylation sites is 2. The molecule has 2 unspecified atom stereocenters. The maximum absolute atomic E-state index is 12.5. The van der Waals surface area contributed by atoms with Crippen LogP contribution in [0.1, 0.15) is 30.2 Å². The molecule has 1 amide bonds. The van der Waals surface area contributed by atoms with E-state index in [1.165, 1.54) is 10.4 Å². The molecule has 9 nitrogen and oxygen atoms in total. The fraction of sp³-hybridized carbons (Fsp3) is 0.476. The van der Waals surface area contributed by atoms with Crippen LogP contribution < -0.4 is 14.8 Å². The van der Waals surface area contributed by atoms with E-state index in [1.807, 2.05) is 26.0 Å². The van der Waals surface area contributed by atoms with Gasteiger partial charge in [0.05, 0.1) is 25.1 Å². The normalized spacial score (nSPS) is 19.7. The fourth-order valence-corrected chi connectivity index (χ4v) is 4.82. The molecule has 1 aliphatic heterocycles. The molecule has 1 fully saturated rings. The Morgan fingerprint density at radius 3 is 2.48 bits per heavy atom. The molecule has 0 saturated carbocycles. The standard InChI is InChI=1S/C21H28N2O7S/c1-15-12-23(13-16(2)29-15)31(25,26)11-10-22-21(24)20-9-8-17(30-20)14-28-19-7-5-4-6-18(19)27-3/h4-9,15-16H,10-14H2,1-3H3,(H,22,24). The number of amides is 1. The van der Waals surface area contributed by atoms with Gasteiger partial charge in [0, 0.05) is 19.6 Å². The predicted molar refractivity (Wildman–Crippen MR) is 114 cm³/mol. The minimum Gasteiger partial charge on any atom is -0.493 e. The number of nitrogens with zero attached hydrogens (tertiary/aromatic N) is 1. The number of hydrogen-bond acceptors (Lipinski definition) is 7. The van der Waals surface area contributed by atoms with Gasteiger partial charge in [-0.2, -0.15) is 4.31 Å². The highest BCUT2D eigenvalue weighted by Gasteiger charge is 2.30. The van der Waals surface area contributed by atoms with E-state index in [0.717, 1.165) is 0 Å². The second-order valence-corrected chi connectivity index (χ2v) is 9.44. The zero-order valence-corrected chi connectivity index (χ0v) is 18.7. The maximum Gasteiger partial charge on any atom is 0.287 e. The van der Waals surface area contributed by atoms with Crippen molar-refractivity contribution >= 4 is 15.9 Å². The van der Waals surface area contributed by atoms with Crippen LogP contribution >= 0.6 is 0 Å². The molecule has 1 saturated heterocycles. The highest BCUT2D eigenvalue weighted by Crippen LogP contribution is 2.26. The highest BCUT2D eigenvalue weighted by molar-refractivity contribution is 7.89. The maximum atomic E-state index is 12.5. The number of methoxy groups -OCH3 is 1. The zero-order valence-electron chi connectivity index (χ0n) is 17.9. The number of ether oxygens (including phenoxy) is 3. The van der Waals surface area contributed by atoms with E-state index in [1.54, 1.807) is 25.3 Å². The van der Waals surface area contributed by atoms with Crippen molar-refractivity contribution in [3.8, 4) is 11.5 Å². The number of benzene rings is 1. The molecule has 0 radical (unpaired) electrons. The molecule has 1 aliphatic rings. The first-order valence-corrected chi connectivity index (χ1v) is 11.7. The van der Waals surface area contributed by atoms with Gasteiger partial charge < -0.3 is 23.9 Å². The molecule has 170 valence electrons. The molecule has 31 heavy (non-hydrogen) atoms. The number of carbonyl (C=O) groups is 1. The molecule has 1 aromatic carbocycles. The molecular weight excluding hydrogens is 424 g/mol. The van der Waals surface area contributed by atoms with E-state index in [-0.39, 0.29) is 36.9 Å². The van der Waals surface area contributed by atoms with Crippen molar-refractivity contribution in [1.82, 2.24) is 9.62 Å². The highest BCUT2D eigenvalue weighted by atomic mass is 32.2. The lowest BCUT2D eigenvalue weighted by Crippen LogP contribution is -2.49. The number of nitrogens with one attached hydrogen (secondary N) is 1. The van der Waals surface area contributed by atoms with Gasteiger partial charge in [-0.1, -0.05) is 12.1 Å². The molecule has 3 rings (SSSR count). The molecule has 2 heterocycles. The SMILES string of the molecule is COc1ccccc1OCc1ccc(C(=O)NCCS(=O)(=O)N2CC(C)OC(C)C2)o1. The average Bonchev–Trinajstić information content (AvgIpc) is 3.21. The summed E-state index contributed by atoms with van der Waals surface area (Å²) in [6.45, 7) is 4.41. The summed E-state index contributed by atoms with van der Waals surface area (Å²) in [6, 6.07) is 10.4. The zero-order chi connectivity index (χ0) is 22.4. The molecule has 2 atom stereocenters. The van der Waals surface area contributed by atoms with E-state index in [2.05, 4.69) is 5.32 Å².